The topological polar surface area (TPSA) is 81.4 Å². The molecule has 0 aliphatic carbocycles. The first-order valence-corrected chi connectivity index (χ1v) is 7.39. The molecule has 3 aromatic heterocycles. The van der Waals surface area contributed by atoms with E-state index in [0.717, 1.165) is 11.3 Å². The third kappa shape index (κ3) is 2.31. The Morgan fingerprint density at radius 1 is 1.25 bits per heavy atom. The lowest BCUT2D eigenvalue weighted by atomic mass is 10.1. The molecule has 0 amide bonds. The van der Waals surface area contributed by atoms with Gasteiger partial charge < -0.3 is 9.84 Å². The van der Waals surface area contributed by atoms with Crippen LogP contribution >= 0.6 is 11.6 Å². The molecule has 0 radical (unpaired) electrons. The molecule has 24 heavy (non-hydrogen) atoms. The molecule has 120 valence electrons. The van der Waals surface area contributed by atoms with Gasteiger partial charge >= 0.3 is 5.84 Å². The Balaban J connectivity index is 1.97. The molecule has 0 saturated carbocycles. The quantitative estimate of drug-likeness (QED) is 0.437. The average molecular weight is 344 g/mol. The second-order valence-electron chi connectivity index (χ2n) is 5.07. The average Bonchev–Trinajstić information content (AvgIpc) is 3.16. The van der Waals surface area contributed by atoms with Crippen LogP contribution in [0.15, 0.2) is 53.4 Å². The number of hydrogen-bond donors (Lipinski definition) is 2. The molecule has 0 aliphatic rings. The first-order valence-electron chi connectivity index (χ1n) is 7.01. The summed E-state index contributed by atoms with van der Waals surface area (Å²) in [5.41, 5.74) is 5.19. The number of nitrogens with two attached hydrogens (primary N) is 1. The van der Waals surface area contributed by atoms with E-state index < -0.39 is 5.82 Å². The molecule has 1 aromatic carbocycles. The van der Waals surface area contributed by atoms with Gasteiger partial charge in [-0.25, -0.2) is 15.2 Å². The maximum Gasteiger partial charge on any atom is 0.306 e. The number of imidazole rings is 1. The zero-order valence-corrected chi connectivity index (χ0v) is 13.0. The van der Waals surface area contributed by atoms with Gasteiger partial charge in [-0.2, -0.15) is 4.98 Å². The van der Waals surface area contributed by atoms with E-state index >= 15 is 0 Å². The van der Waals surface area contributed by atoms with Crippen molar-refractivity contribution in [3.8, 4) is 22.5 Å². The first kappa shape index (κ1) is 14.7. The van der Waals surface area contributed by atoms with Crippen LogP contribution in [0.5, 0.6) is 0 Å². The molecule has 0 spiro atoms. The van der Waals surface area contributed by atoms with Crippen molar-refractivity contribution in [2.24, 2.45) is 5.84 Å². The number of rotatable bonds is 3. The summed E-state index contributed by atoms with van der Waals surface area (Å²) < 4.78 is 20.5. The molecule has 0 unspecified atom stereocenters. The van der Waals surface area contributed by atoms with Crippen molar-refractivity contribution >= 4 is 23.3 Å². The molecule has 0 atom stereocenters. The molecule has 0 bridgehead atoms. The van der Waals surface area contributed by atoms with E-state index in [9.17, 15) is 4.39 Å². The first-order chi connectivity index (χ1) is 11.7. The minimum Gasteiger partial charge on any atom is -0.432 e. The molecule has 0 aliphatic heterocycles. The lowest BCUT2D eigenvalue weighted by molar-refractivity contribution is 0.596. The van der Waals surface area contributed by atoms with Gasteiger partial charge in [-0.05, 0) is 30.3 Å². The molecule has 8 heteroatoms. The van der Waals surface area contributed by atoms with Crippen molar-refractivity contribution in [2.45, 2.75) is 0 Å². The van der Waals surface area contributed by atoms with Crippen LogP contribution in [0, 0.1) is 5.82 Å². The summed E-state index contributed by atoms with van der Waals surface area (Å²) in [6.07, 6.45) is 4.94. The van der Waals surface area contributed by atoms with Crippen LogP contribution in [0.4, 0.5) is 10.2 Å². The van der Waals surface area contributed by atoms with Crippen molar-refractivity contribution in [2.75, 3.05) is 5.43 Å². The van der Waals surface area contributed by atoms with E-state index in [1.807, 2.05) is 6.07 Å². The van der Waals surface area contributed by atoms with Crippen LogP contribution < -0.4 is 11.3 Å². The second-order valence-corrected chi connectivity index (χ2v) is 5.47. The zero-order chi connectivity index (χ0) is 16.7. The smallest absolute Gasteiger partial charge is 0.306 e. The highest BCUT2D eigenvalue weighted by Gasteiger charge is 2.20. The number of nitrogen functional groups attached to an aromatic ring is 1. The van der Waals surface area contributed by atoms with Gasteiger partial charge in [0, 0.05) is 23.5 Å². The molecular weight excluding hydrogens is 333 g/mol. The van der Waals surface area contributed by atoms with Crippen molar-refractivity contribution < 1.29 is 8.81 Å². The van der Waals surface area contributed by atoms with Crippen molar-refractivity contribution in [3.05, 3.63) is 59.8 Å². The Bertz CT molecular complexity index is 1020. The van der Waals surface area contributed by atoms with Crippen LogP contribution in [0.25, 0.3) is 28.4 Å². The number of hydrazine groups is 1. The Morgan fingerprint density at radius 3 is 2.83 bits per heavy atom. The lowest BCUT2D eigenvalue weighted by Gasteiger charge is -2.07. The maximum atomic E-state index is 13.4. The van der Waals surface area contributed by atoms with E-state index in [1.54, 1.807) is 28.9 Å². The number of benzene rings is 1. The highest BCUT2D eigenvalue weighted by atomic mass is 35.5. The number of pyridine rings is 1. The van der Waals surface area contributed by atoms with Crippen molar-refractivity contribution in [3.63, 3.8) is 0 Å². The Labute approximate surface area is 140 Å². The molecular formula is C16H11ClFN5O. The van der Waals surface area contributed by atoms with Gasteiger partial charge in [-0.15, -0.1) is 0 Å². The highest BCUT2D eigenvalue weighted by Crippen LogP contribution is 2.36. The van der Waals surface area contributed by atoms with Gasteiger partial charge in [0.15, 0.2) is 0 Å². The van der Waals surface area contributed by atoms with Crippen LogP contribution in [0.1, 0.15) is 0 Å². The summed E-state index contributed by atoms with van der Waals surface area (Å²) in [4.78, 5) is 8.69. The third-order valence-corrected chi connectivity index (χ3v) is 3.95. The minimum absolute atomic E-state index is 0.269. The molecule has 6 nitrogen and oxygen atoms in total. The fourth-order valence-electron chi connectivity index (χ4n) is 2.55. The summed E-state index contributed by atoms with van der Waals surface area (Å²) in [5, 5.41) is 0.269. The third-order valence-electron chi connectivity index (χ3n) is 3.63. The predicted octanol–water partition coefficient (Wildman–Crippen LogP) is 3.73. The Hall–Kier alpha value is -2.90. The summed E-state index contributed by atoms with van der Waals surface area (Å²) in [5.74, 6) is 5.88. The summed E-state index contributed by atoms with van der Waals surface area (Å²) >= 11 is 6.20. The maximum absolute atomic E-state index is 13.4. The van der Waals surface area contributed by atoms with Gasteiger partial charge in [-0.1, -0.05) is 11.6 Å². The van der Waals surface area contributed by atoms with Gasteiger partial charge in [0.25, 0.3) is 0 Å². The Kier molecular flexibility index (Phi) is 3.44. The van der Waals surface area contributed by atoms with Crippen LogP contribution in [-0.2, 0) is 0 Å². The largest absolute Gasteiger partial charge is 0.432 e. The standard InChI is InChI=1S/C16H11ClFN5O/c17-12-7-10(18)2-3-11(12)14-15(23-5-6-24-16(23)21-14)9-1-4-13(22-19)20-8-9/h1-8H,19H2,(H,20,22). The molecule has 3 heterocycles. The van der Waals surface area contributed by atoms with Gasteiger partial charge in [0.1, 0.15) is 23.6 Å². The highest BCUT2D eigenvalue weighted by molar-refractivity contribution is 6.33. The summed E-state index contributed by atoms with van der Waals surface area (Å²) in [6, 6.07) is 7.77. The molecule has 0 fully saturated rings. The van der Waals surface area contributed by atoms with E-state index in [0.29, 0.717) is 22.9 Å². The van der Waals surface area contributed by atoms with Crippen LogP contribution in [-0.4, -0.2) is 14.4 Å². The molecule has 4 rings (SSSR count). The van der Waals surface area contributed by atoms with E-state index in [2.05, 4.69) is 15.4 Å². The van der Waals surface area contributed by atoms with Gasteiger partial charge in [0.05, 0.1) is 10.7 Å². The van der Waals surface area contributed by atoms with Crippen LogP contribution in [0.2, 0.25) is 5.02 Å². The fraction of sp³-hybridized carbons (Fsp3) is 0. The van der Waals surface area contributed by atoms with Crippen molar-refractivity contribution in [1.82, 2.24) is 14.4 Å². The molecule has 4 aromatic rings. The minimum atomic E-state index is -0.409. The fourth-order valence-corrected chi connectivity index (χ4v) is 2.81. The number of fused-ring (bicyclic) bond motifs is 1. The van der Waals surface area contributed by atoms with E-state index in [4.69, 9.17) is 21.9 Å². The summed E-state index contributed by atoms with van der Waals surface area (Å²) in [6.45, 7) is 0. The van der Waals surface area contributed by atoms with Crippen LogP contribution in [0.3, 0.4) is 0 Å². The number of aromatic nitrogens is 3. The van der Waals surface area contributed by atoms with Crippen molar-refractivity contribution in [1.29, 1.82) is 0 Å². The normalized spacial score (nSPS) is 11.1. The number of hydrogen-bond acceptors (Lipinski definition) is 5. The van der Waals surface area contributed by atoms with Gasteiger partial charge in [-0.3, -0.25) is 4.40 Å². The number of nitrogens with zero attached hydrogens (tertiary/aromatic N) is 3. The van der Waals surface area contributed by atoms with Gasteiger partial charge in [0.2, 0.25) is 0 Å². The monoisotopic (exact) mass is 343 g/mol. The van der Waals surface area contributed by atoms with E-state index in [-0.39, 0.29) is 5.02 Å². The number of oxazole rings is 1. The second kappa shape index (κ2) is 5.63. The predicted molar refractivity (Wildman–Crippen MR) is 88.9 cm³/mol. The lowest BCUT2D eigenvalue weighted by Crippen LogP contribution is -2.08. The SMILES string of the molecule is NNc1ccc(-c2c(-c3ccc(F)cc3Cl)nc3occn23)cn1. The summed E-state index contributed by atoms with van der Waals surface area (Å²) in [7, 11) is 0. The molecule has 0 saturated heterocycles. The number of nitrogens with one attached hydrogen (secondary N) is 1. The van der Waals surface area contributed by atoms with E-state index in [1.165, 1.54) is 18.4 Å². The molecule has 3 N–H and O–H groups in total. The number of anilines is 1. The zero-order valence-electron chi connectivity index (χ0n) is 12.2. The Morgan fingerprint density at radius 2 is 2.12 bits per heavy atom. The number of halogens is 2.